The molecule has 2 aromatic rings. The smallest absolute Gasteiger partial charge is 0.408 e. The van der Waals surface area contributed by atoms with E-state index in [2.05, 4.69) is 5.32 Å². The highest BCUT2D eigenvalue weighted by Gasteiger charge is 2.49. The molecule has 4 aliphatic rings. The molecule has 1 radical (unpaired) electrons. The van der Waals surface area contributed by atoms with Gasteiger partial charge in [0.25, 0.3) is 0 Å². The van der Waals surface area contributed by atoms with E-state index in [1.165, 1.54) is 21.1 Å². The van der Waals surface area contributed by atoms with Gasteiger partial charge in [-0.25, -0.2) is 9.59 Å². The van der Waals surface area contributed by atoms with Crippen LogP contribution in [-0.4, -0.2) is 73.9 Å². The monoisotopic (exact) mass is 653 g/mol. The Hall–Kier alpha value is -4.23. The van der Waals surface area contributed by atoms with Gasteiger partial charge in [-0.2, -0.15) is 0 Å². The van der Waals surface area contributed by atoms with E-state index in [1.54, 1.807) is 39.8 Å². The normalized spacial score (nSPS) is 24.8. The van der Waals surface area contributed by atoms with Gasteiger partial charge in [-0.1, -0.05) is 0 Å². The molecule has 2 saturated heterocycles. The number of hydroxylamine groups is 2. The maximum atomic E-state index is 13.2. The van der Waals surface area contributed by atoms with Gasteiger partial charge in [-0.3, -0.25) is 4.79 Å². The van der Waals surface area contributed by atoms with E-state index >= 15 is 0 Å². The Morgan fingerprint density at radius 3 is 2.19 bits per heavy atom. The number of hydrogen-bond donors (Lipinski definition) is 1. The second-order valence-corrected chi connectivity index (χ2v) is 13.9. The molecule has 253 valence electrons. The number of rotatable bonds is 7. The number of hydrogen-bond acceptors (Lipinski definition) is 11. The van der Waals surface area contributed by atoms with E-state index in [0.29, 0.717) is 42.9 Å². The molecule has 47 heavy (non-hydrogen) atoms. The minimum absolute atomic E-state index is 0.0179. The summed E-state index contributed by atoms with van der Waals surface area (Å²) >= 11 is 0. The van der Waals surface area contributed by atoms with Crippen molar-refractivity contribution in [2.75, 3.05) is 27.6 Å². The number of benzene rings is 2. The van der Waals surface area contributed by atoms with Crippen molar-refractivity contribution in [3.05, 3.63) is 41.0 Å². The van der Waals surface area contributed by atoms with E-state index < -0.39 is 47.1 Å². The minimum atomic E-state index is -1.10. The van der Waals surface area contributed by atoms with Gasteiger partial charge in [-0.15, -0.1) is 10.3 Å². The highest BCUT2D eigenvalue weighted by Crippen LogP contribution is 2.52. The van der Waals surface area contributed by atoms with Crippen LogP contribution in [0.1, 0.15) is 70.1 Å². The number of carbonyl (C=O) groups excluding carboxylic acids is 3. The number of cyclic esters (lactones) is 1. The predicted octanol–water partition coefficient (Wildman–Crippen LogP) is 4.30. The largest absolute Gasteiger partial charge is 0.493 e. The molecular weight excluding hydrogens is 612 g/mol. The van der Waals surface area contributed by atoms with Crippen molar-refractivity contribution in [1.29, 1.82) is 0 Å². The quantitative estimate of drug-likeness (QED) is 0.337. The summed E-state index contributed by atoms with van der Waals surface area (Å²) in [5, 5.41) is 16.2. The molecule has 6 rings (SSSR count). The Morgan fingerprint density at radius 1 is 0.957 bits per heavy atom. The van der Waals surface area contributed by atoms with Gasteiger partial charge in [-0.05, 0) is 82.0 Å². The Kier molecular flexibility index (Phi) is 8.41. The maximum absolute atomic E-state index is 13.2. The van der Waals surface area contributed by atoms with Gasteiger partial charge in [0.2, 0.25) is 12.5 Å². The summed E-state index contributed by atoms with van der Waals surface area (Å²) in [5.74, 6) is -0.277. The lowest BCUT2D eigenvalue weighted by Crippen LogP contribution is -2.60. The van der Waals surface area contributed by atoms with Crippen LogP contribution in [-0.2, 0) is 30.7 Å². The standard InChI is InChI=1S/C34H41N2O11/c1-17(35-32(39)46-21-13-33(2,3)36(40)34(4,5)14-21)30(37)47-29-25(41-6)10-19(11-26(29)42-7)27-22-12-24-23(44-16-45-24)9-18(22)8-20-15-43-31(38)28(20)27/h9-12,17,20-21,27-28H,8,13-16H2,1-7H3,(H,35,39)/t17-,20-,27+,28-/m0/s1. The third-order valence-electron chi connectivity index (χ3n) is 9.59. The molecule has 1 N–H and O–H groups in total. The van der Waals surface area contributed by atoms with Crippen LogP contribution in [0.25, 0.3) is 0 Å². The average molecular weight is 654 g/mol. The first-order valence-corrected chi connectivity index (χ1v) is 15.7. The SMILES string of the molecule is COc1cc([C@@H]2c3cc4c(cc3C[C@H]3COC(=O)[C@@H]32)OCO4)cc(OC)c1OC(=O)[C@H](C)NC(=O)OC1CC(C)(C)N([O])C(C)(C)C1. The van der Waals surface area contributed by atoms with Crippen LogP contribution in [0, 0.1) is 11.8 Å². The second kappa shape index (κ2) is 12.1. The van der Waals surface area contributed by atoms with Crippen molar-refractivity contribution in [2.24, 2.45) is 11.8 Å². The van der Waals surface area contributed by atoms with E-state index in [0.717, 1.165) is 16.2 Å². The molecule has 0 spiro atoms. The first kappa shape index (κ1) is 32.7. The molecule has 0 unspecified atom stereocenters. The predicted molar refractivity (Wildman–Crippen MR) is 164 cm³/mol. The summed E-state index contributed by atoms with van der Waals surface area (Å²) in [7, 11) is 2.87. The fourth-order valence-corrected chi connectivity index (χ4v) is 7.55. The van der Waals surface area contributed by atoms with Gasteiger partial charge in [0.1, 0.15) is 12.1 Å². The fraction of sp³-hybridized carbons (Fsp3) is 0.559. The number of carbonyl (C=O) groups is 3. The number of esters is 2. The number of fused-ring (bicyclic) bond motifs is 3. The van der Waals surface area contributed by atoms with Crippen LogP contribution in [0.2, 0.25) is 0 Å². The maximum Gasteiger partial charge on any atom is 0.408 e. The van der Waals surface area contributed by atoms with Gasteiger partial charge in [0.15, 0.2) is 23.0 Å². The van der Waals surface area contributed by atoms with Gasteiger partial charge < -0.3 is 38.5 Å². The van der Waals surface area contributed by atoms with E-state index in [1.807, 2.05) is 12.1 Å². The van der Waals surface area contributed by atoms with E-state index in [9.17, 15) is 19.6 Å². The molecule has 3 heterocycles. The number of nitrogens with zero attached hydrogens (tertiary/aromatic N) is 1. The summed E-state index contributed by atoms with van der Waals surface area (Å²) in [6.07, 6.45) is 0.0448. The highest BCUT2D eigenvalue weighted by atomic mass is 16.7. The van der Waals surface area contributed by atoms with Gasteiger partial charge in [0, 0.05) is 35.8 Å². The number of methoxy groups -OCH3 is 2. The lowest BCUT2D eigenvalue weighted by Gasteiger charge is -2.49. The lowest BCUT2D eigenvalue weighted by molar-refractivity contribution is -0.298. The van der Waals surface area contributed by atoms with Crippen molar-refractivity contribution < 1.29 is 52.7 Å². The number of ether oxygens (including phenoxy) is 7. The average Bonchev–Trinajstić information content (AvgIpc) is 3.62. The molecular formula is C34H41N2O11. The molecule has 3 aliphatic heterocycles. The molecule has 4 atom stereocenters. The molecule has 0 aromatic heterocycles. The van der Waals surface area contributed by atoms with E-state index in [4.69, 9.17) is 33.2 Å². The van der Waals surface area contributed by atoms with Crippen molar-refractivity contribution in [1.82, 2.24) is 10.4 Å². The summed E-state index contributed by atoms with van der Waals surface area (Å²) in [5.41, 5.74) is 1.20. The van der Waals surface area contributed by atoms with Crippen LogP contribution in [0.4, 0.5) is 4.79 Å². The molecule has 1 amide bonds. The van der Waals surface area contributed by atoms with Gasteiger partial charge in [0.05, 0.1) is 26.7 Å². The van der Waals surface area contributed by atoms with Crippen molar-refractivity contribution >= 4 is 18.0 Å². The van der Waals surface area contributed by atoms with Crippen molar-refractivity contribution in [3.8, 4) is 28.7 Å². The number of alkyl carbamates (subject to hydrolysis) is 1. The lowest BCUT2D eigenvalue weighted by atomic mass is 9.67. The third-order valence-corrected chi connectivity index (χ3v) is 9.59. The molecule has 13 heteroatoms. The first-order chi connectivity index (χ1) is 22.2. The van der Waals surface area contributed by atoms with Crippen molar-refractivity contribution in [3.63, 3.8) is 0 Å². The van der Waals surface area contributed by atoms with E-state index in [-0.39, 0.29) is 35.9 Å². The molecule has 2 fully saturated rings. The number of amides is 1. The second-order valence-electron chi connectivity index (χ2n) is 13.9. The van der Waals surface area contributed by atoms with Crippen LogP contribution >= 0.6 is 0 Å². The number of piperidine rings is 1. The van der Waals surface area contributed by atoms with Crippen LogP contribution in [0.3, 0.4) is 0 Å². The van der Waals surface area contributed by atoms with Crippen LogP contribution in [0.5, 0.6) is 28.7 Å². The Balaban J connectivity index is 1.22. The van der Waals surface area contributed by atoms with Crippen LogP contribution in [0.15, 0.2) is 24.3 Å². The molecule has 1 aliphatic carbocycles. The Bertz CT molecular complexity index is 1540. The first-order valence-electron chi connectivity index (χ1n) is 15.7. The summed E-state index contributed by atoms with van der Waals surface area (Å²) in [4.78, 5) is 39.1. The zero-order valence-electron chi connectivity index (χ0n) is 27.7. The molecule has 0 bridgehead atoms. The van der Waals surface area contributed by atoms with Crippen LogP contribution < -0.4 is 29.0 Å². The topological polar surface area (TPSA) is 151 Å². The van der Waals surface area contributed by atoms with Gasteiger partial charge >= 0.3 is 18.0 Å². The molecule has 2 aromatic carbocycles. The molecule has 13 nitrogen and oxygen atoms in total. The summed E-state index contributed by atoms with van der Waals surface area (Å²) in [6.45, 7) is 9.14. The Morgan fingerprint density at radius 2 is 1.57 bits per heavy atom. The minimum Gasteiger partial charge on any atom is -0.493 e. The summed E-state index contributed by atoms with van der Waals surface area (Å²) in [6, 6.07) is 6.21. The third kappa shape index (κ3) is 6.02. The fourth-order valence-electron chi connectivity index (χ4n) is 7.55. The Labute approximate surface area is 273 Å². The molecule has 0 saturated carbocycles. The number of nitrogens with one attached hydrogen (secondary N) is 1. The zero-order chi connectivity index (χ0) is 33.8. The zero-order valence-corrected chi connectivity index (χ0v) is 27.7. The highest BCUT2D eigenvalue weighted by molar-refractivity contribution is 5.84. The summed E-state index contributed by atoms with van der Waals surface area (Å²) < 4.78 is 39.5. The van der Waals surface area contributed by atoms with Crippen molar-refractivity contribution in [2.45, 2.75) is 83.0 Å².